The third kappa shape index (κ3) is 3.25. The highest BCUT2D eigenvalue weighted by atomic mass is 16.3. The third-order valence-corrected chi connectivity index (χ3v) is 10.6. The molecule has 0 saturated heterocycles. The van der Waals surface area contributed by atoms with Crippen LogP contribution in [-0.2, 0) is 0 Å². The van der Waals surface area contributed by atoms with Crippen LogP contribution in [0.25, 0.3) is 0 Å². The third-order valence-electron chi connectivity index (χ3n) is 10.6. The van der Waals surface area contributed by atoms with Crippen LogP contribution in [-0.4, -0.2) is 32.6 Å². The number of aliphatic hydroxyl groups is 3. The van der Waals surface area contributed by atoms with Crippen molar-refractivity contribution < 1.29 is 15.3 Å². The fourth-order valence-electron chi connectivity index (χ4n) is 8.74. The van der Waals surface area contributed by atoms with Gasteiger partial charge in [-0.1, -0.05) is 66.0 Å². The van der Waals surface area contributed by atoms with E-state index in [9.17, 15) is 15.3 Å². The van der Waals surface area contributed by atoms with E-state index in [2.05, 4.69) is 34.6 Å². The molecule has 4 aliphatic rings. The Labute approximate surface area is 184 Å². The second-order valence-corrected chi connectivity index (χ2v) is 12.6. The van der Waals surface area contributed by atoms with E-state index in [1.807, 2.05) is 12.2 Å². The molecule has 9 unspecified atom stereocenters. The van der Waals surface area contributed by atoms with Gasteiger partial charge in [0.05, 0.1) is 17.3 Å². The topological polar surface area (TPSA) is 60.7 Å². The summed E-state index contributed by atoms with van der Waals surface area (Å²) in [7, 11) is 0. The van der Waals surface area contributed by atoms with Crippen molar-refractivity contribution in [1.82, 2.24) is 0 Å². The van der Waals surface area contributed by atoms with Crippen molar-refractivity contribution in [3.8, 4) is 0 Å². The zero-order valence-electron chi connectivity index (χ0n) is 20.0. The predicted octanol–water partition coefficient (Wildman–Crippen LogP) is 5.47. The first kappa shape index (κ1) is 22.8. The van der Waals surface area contributed by atoms with Crippen LogP contribution in [0.1, 0.15) is 98.8 Å². The Morgan fingerprint density at radius 1 is 0.900 bits per heavy atom. The van der Waals surface area contributed by atoms with E-state index >= 15 is 0 Å². The van der Waals surface area contributed by atoms with Crippen LogP contribution < -0.4 is 0 Å². The Hall–Kier alpha value is -0.380. The smallest absolute Gasteiger partial charge is 0.0910 e. The highest BCUT2D eigenvalue weighted by Gasteiger charge is 2.68. The highest BCUT2D eigenvalue weighted by molar-refractivity contribution is 5.30. The van der Waals surface area contributed by atoms with E-state index < -0.39 is 17.3 Å². The largest absolute Gasteiger partial charge is 0.393 e. The van der Waals surface area contributed by atoms with Gasteiger partial charge in [0.1, 0.15) is 0 Å². The van der Waals surface area contributed by atoms with Crippen LogP contribution in [0.2, 0.25) is 0 Å². The van der Waals surface area contributed by atoms with E-state index in [0.717, 1.165) is 38.0 Å². The van der Waals surface area contributed by atoms with Gasteiger partial charge in [-0.25, -0.2) is 0 Å². The maximum atomic E-state index is 12.2. The van der Waals surface area contributed by atoms with Gasteiger partial charge < -0.3 is 15.3 Å². The molecule has 30 heavy (non-hydrogen) atoms. The Bertz CT molecular complexity index is 673. The van der Waals surface area contributed by atoms with Crippen molar-refractivity contribution in [3.63, 3.8) is 0 Å². The first-order chi connectivity index (χ1) is 14.0. The lowest BCUT2D eigenvalue weighted by atomic mass is 9.43. The lowest BCUT2D eigenvalue weighted by Gasteiger charge is -2.64. The van der Waals surface area contributed by atoms with Crippen molar-refractivity contribution in [2.24, 2.45) is 40.4 Å². The minimum Gasteiger partial charge on any atom is -0.393 e. The molecule has 3 heteroatoms. The number of hydrogen-bond acceptors (Lipinski definition) is 3. The van der Waals surface area contributed by atoms with E-state index in [4.69, 9.17) is 0 Å². The monoisotopic (exact) mass is 418 g/mol. The molecule has 0 spiro atoms. The van der Waals surface area contributed by atoms with Crippen molar-refractivity contribution in [1.29, 1.82) is 0 Å². The molecule has 0 aliphatic heterocycles. The molecular formula is C27H46O3. The van der Waals surface area contributed by atoms with Gasteiger partial charge in [-0.05, 0) is 67.6 Å². The maximum Gasteiger partial charge on any atom is 0.0910 e. The van der Waals surface area contributed by atoms with Gasteiger partial charge >= 0.3 is 0 Å². The fraction of sp³-hybridized carbons (Fsp3) is 0.926. The van der Waals surface area contributed by atoms with Gasteiger partial charge in [-0.2, -0.15) is 0 Å². The molecule has 0 heterocycles. The summed E-state index contributed by atoms with van der Waals surface area (Å²) in [5.41, 5.74) is -1.97. The number of hydrogen-bond donors (Lipinski definition) is 3. The molecule has 3 nitrogen and oxygen atoms in total. The Morgan fingerprint density at radius 2 is 1.63 bits per heavy atom. The second-order valence-electron chi connectivity index (χ2n) is 12.6. The molecule has 3 saturated carbocycles. The molecule has 4 aliphatic carbocycles. The lowest BCUT2D eigenvalue weighted by molar-refractivity contribution is -0.220. The summed E-state index contributed by atoms with van der Waals surface area (Å²) in [6.07, 6.45) is 13.8. The van der Waals surface area contributed by atoms with Crippen LogP contribution in [0, 0.1) is 40.4 Å². The van der Waals surface area contributed by atoms with Crippen molar-refractivity contribution in [3.05, 3.63) is 12.2 Å². The van der Waals surface area contributed by atoms with Gasteiger partial charge in [0.2, 0.25) is 0 Å². The molecule has 0 aromatic rings. The van der Waals surface area contributed by atoms with Crippen LogP contribution in [0.3, 0.4) is 0 Å². The summed E-state index contributed by atoms with van der Waals surface area (Å²) >= 11 is 0. The quantitative estimate of drug-likeness (QED) is 0.519. The fourth-order valence-corrected chi connectivity index (χ4v) is 8.74. The average Bonchev–Trinajstić information content (AvgIpc) is 3.01. The van der Waals surface area contributed by atoms with Crippen LogP contribution in [0.15, 0.2) is 12.2 Å². The second kappa shape index (κ2) is 7.59. The van der Waals surface area contributed by atoms with E-state index in [0.29, 0.717) is 18.3 Å². The van der Waals surface area contributed by atoms with Gasteiger partial charge in [0.25, 0.3) is 0 Å². The molecule has 3 fully saturated rings. The normalized spacial score (nSPS) is 51.4. The molecule has 3 N–H and O–H groups in total. The van der Waals surface area contributed by atoms with Crippen LogP contribution >= 0.6 is 0 Å². The van der Waals surface area contributed by atoms with E-state index in [-0.39, 0.29) is 22.7 Å². The zero-order valence-corrected chi connectivity index (χ0v) is 20.0. The molecule has 9 atom stereocenters. The molecule has 4 rings (SSSR count). The SMILES string of the molecule is CC(C)CCCC(C)C1CCC2C3(O)C=CC4(O)CC(O)CCC4(C)C3CCC12C. The molecule has 172 valence electrons. The minimum atomic E-state index is -0.989. The molecule has 0 amide bonds. The van der Waals surface area contributed by atoms with Crippen molar-refractivity contribution in [2.75, 3.05) is 0 Å². The highest BCUT2D eigenvalue weighted by Crippen LogP contribution is 2.69. The number of rotatable bonds is 5. The number of fused-ring (bicyclic) bond motifs is 5. The molecule has 0 aromatic carbocycles. The summed E-state index contributed by atoms with van der Waals surface area (Å²) in [6.45, 7) is 11.7. The van der Waals surface area contributed by atoms with Crippen LogP contribution in [0.5, 0.6) is 0 Å². The van der Waals surface area contributed by atoms with Gasteiger partial charge in [0, 0.05) is 17.8 Å². The van der Waals surface area contributed by atoms with E-state index in [1.54, 1.807) is 0 Å². The van der Waals surface area contributed by atoms with Crippen molar-refractivity contribution >= 4 is 0 Å². The van der Waals surface area contributed by atoms with Crippen molar-refractivity contribution in [2.45, 2.75) is 116 Å². The van der Waals surface area contributed by atoms with Gasteiger partial charge in [-0.15, -0.1) is 0 Å². The van der Waals surface area contributed by atoms with Gasteiger partial charge in [0.15, 0.2) is 0 Å². The average molecular weight is 419 g/mol. The first-order valence-corrected chi connectivity index (χ1v) is 12.8. The summed E-state index contributed by atoms with van der Waals surface area (Å²) in [6, 6.07) is 0. The summed E-state index contributed by atoms with van der Waals surface area (Å²) in [4.78, 5) is 0. The maximum absolute atomic E-state index is 12.2. The number of aliphatic hydroxyl groups excluding tert-OH is 1. The molecule has 0 aromatic heterocycles. The Kier molecular flexibility index (Phi) is 5.77. The Balaban J connectivity index is 1.59. The molecule has 0 radical (unpaired) electrons. The summed E-state index contributed by atoms with van der Waals surface area (Å²) in [5, 5.41) is 33.9. The molecule has 0 bridgehead atoms. The predicted molar refractivity (Wildman–Crippen MR) is 122 cm³/mol. The molecular weight excluding hydrogens is 372 g/mol. The van der Waals surface area contributed by atoms with Crippen LogP contribution in [0.4, 0.5) is 0 Å². The zero-order chi connectivity index (χ0) is 21.9. The summed E-state index contributed by atoms with van der Waals surface area (Å²) in [5.74, 6) is 2.55. The lowest BCUT2D eigenvalue weighted by Crippen LogP contribution is -2.67. The van der Waals surface area contributed by atoms with Gasteiger partial charge in [-0.3, -0.25) is 0 Å². The Morgan fingerprint density at radius 3 is 2.33 bits per heavy atom. The first-order valence-electron chi connectivity index (χ1n) is 12.8. The standard InChI is InChI=1S/C27H46O3/c1-18(2)7-6-8-19(3)21-9-10-22-24(21,4)13-12-23-25(5)14-11-20(28)17-26(25,29)15-16-27(22,23)30/h15-16,18-23,28-30H,6-14,17H2,1-5H3. The minimum absolute atomic E-state index is 0.0839. The van der Waals surface area contributed by atoms with E-state index in [1.165, 1.54) is 25.7 Å². The summed E-state index contributed by atoms with van der Waals surface area (Å²) < 4.78 is 0.